The zero-order chi connectivity index (χ0) is 9.14. The molecule has 0 radical (unpaired) electrons. The van der Waals surface area contributed by atoms with Gasteiger partial charge in [0.15, 0.2) is 0 Å². The van der Waals surface area contributed by atoms with E-state index in [1.54, 1.807) is 7.05 Å². The zero-order valence-electron chi connectivity index (χ0n) is 7.79. The lowest BCUT2D eigenvalue weighted by molar-refractivity contribution is -0.751. The van der Waals surface area contributed by atoms with Gasteiger partial charge in [-0.05, 0) is 23.6 Å². The summed E-state index contributed by atoms with van der Waals surface area (Å²) in [7, 11) is 1.59. The lowest BCUT2D eigenvalue weighted by Gasteiger charge is -2.16. The molecule has 0 saturated heterocycles. The fourth-order valence-electron chi connectivity index (χ4n) is 1.10. The van der Waals surface area contributed by atoms with Crippen molar-refractivity contribution in [2.45, 2.75) is 19.8 Å². The number of hydrogen-bond donors (Lipinski definition) is 1. The molecule has 0 aliphatic heterocycles. The number of rotatable bonds is 2. The molecule has 2 nitrogen and oxygen atoms in total. The number of quaternary nitrogens is 1. The van der Waals surface area contributed by atoms with E-state index in [4.69, 9.17) is 0 Å². The summed E-state index contributed by atoms with van der Waals surface area (Å²) >= 11 is 0. The van der Waals surface area contributed by atoms with E-state index in [1.165, 1.54) is 5.56 Å². The standard InChI is InChI=1S/C10H15NO/c1-8(2)9-4-6-10(7-5-9)11(3)12/h4-8,11H,1-3H3. The quantitative estimate of drug-likeness (QED) is 0.660. The van der Waals surface area contributed by atoms with E-state index >= 15 is 0 Å². The van der Waals surface area contributed by atoms with Crippen LogP contribution in [0.25, 0.3) is 0 Å². The van der Waals surface area contributed by atoms with Crippen LogP contribution in [0.3, 0.4) is 0 Å². The van der Waals surface area contributed by atoms with Crippen LogP contribution in [0.2, 0.25) is 0 Å². The van der Waals surface area contributed by atoms with Crippen molar-refractivity contribution in [3.8, 4) is 0 Å². The molecule has 12 heavy (non-hydrogen) atoms. The second-order valence-electron chi connectivity index (χ2n) is 3.33. The lowest BCUT2D eigenvalue weighted by atomic mass is 10.0. The van der Waals surface area contributed by atoms with E-state index in [0.717, 1.165) is 5.69 Å². The van der Waals surface area contributed by atoms with Gasteiger partial charge in [-0.1, -0.05) is 26.0 Å². The van der Waals surface area contributed by atoms with Crippen LogP contribution in [0, 0.1) is 5.21 Å². The van der Waals surface area contributed by atoms with E-state index in [9.17, 15) is 5.21 Å². The van der Waals surface area contributed by atoms with Gasteiger partial charge in [0.05, 0.1) is 7.05 Å². The van der Waals surface area contributed by atoms with Crippen molar-refractivity contribution in [3.63, 3.8) is 0 Å². The molecule has 0 saturated carbocycles. The Bertz CT molecular complexity index is 212. The predicted octanol–water partition coefficient (Wildman–Crippen LogP) is 1.45. The molecule has 66 valence electrons. The summed E-state index contributed by atoms with van der Waals surface area (Å²) in [5.74, 6) is 0.533. The molecule has 2 heteroatoms. The van der Waals surface area contributed by atoms with Crippen molar-refractivity contribution >= 4 is 5.69 Å². The van der Waals surface area contributed by atoms with Crippen LogP contribution < -0.4 is 5.06 Å². The Labute approximate surface area is 73.4 Å². The second-order valence-corrected chi connectivity index (χ2v) is 3.33. The fourth-order valence-corrected chi connectivity index (χ4v) is 1.10. The maximum Gasteiger partial charge on any atom is 0.130 e. The molecule has 0 heterocycles. The molecule has 0 spiro atoms. The van der Waals surface area contributed by atoms with Gasteiger partial charge in [0.1, 0.15) is 5.69 Å². The molecular formula is C10H15NO. The Morgan fingerprint density at radius 1 is 1.17 bits per heavy atom. The van der Waals surface area contributed by atoms with Crippen LogP contribution in [-0.2, 0) is 0 Å². The Kier molecular flexibility index (Phi) is 2.84. The highest BCUT2D eigenvalue weighted by Gasteiger charge is 2.00. The van der Waals surface area contributed by atoms with Gasteiger partial charge in [-0.3, -0.25) is 0 Å². The van der Waals surface area contributed by atoms with Crippen molar-refractivity contribution in [1.29, 1.82) is 0 Å². The van der Waals surface area contributed by atoms with Crippen LogP contribution in [-0.4, -0.2) is 7.05 Å². The van der Waals surface area contributed by atoms with E-state index in [-0.39, 0.29) is 5.06 Å². The smallest absolute Gasteiger partial charge is 0.130 e. The molecule has 1 atom stereocenters. The van der Waals surface area contributed by atoms with Gasteiger partial charge in [-0.2, -0.15) is 0 Å². The Morgan fingerprint density at radius 3 is 2.00 bits per heavy atom. The normalized spacial score (nSPS) is 13.4. The summed E-state index contributed by atoms with van der Waals surface area (Å²) in [4.78, 5) is 0. The number of hydrogen-bond acceptors (Lipinski definition) is 1. The highest BCUT2D eigenvalue weighted by molar-refractivity contribution is 5.33. The van der Waals surface area contributed by atoms with Crippen molar-refractivity contribution in [3.05, 3.63) is 35.0 Å². The SMILES string of the molecule is CC(C)c1ccc([NH+](C)[O-])cc1. The van der Waals surface area contributed by atoms with Crippen molar-refractivity contribution < 1.29 is 5.06 Å². The van der Waals surface area contributed by atoms with Gasteiger partial charge in [0.25, 0.3) is 0 Å². The molecule has 1 unspecified atom stereocenters. The van der Waals surface area contributed by atoms with Crippen molar-refractivity contribution in [2.24, 2.45) is 0 Å². The van der Waals surface area contributed by atoms with Crippen molar-refractivity contribution in [2.75, 3.05) is 7.05 Å². The molecule has 0 aromatic heterocycles. The van der Waals surface area contributed by atoms with Gasteiger partial charge in [0, 0.05) is 0 Å². The monoisotopic (exact) mass is 165 g/mol. The van der Waals surface area contributed by atoms with E-state index in [0.29, 0.717) is 5.92 Å². The second kappa shape index (κ2) is 3.70. The largest absolute Gasteiger partial charge is 0.629 e. The van der Waals surface area contributed by atoms with Crippen molar-refractivity contribution in [1.82, 2.24) is 0 Å². The first kappa shape index (κ1) is 9.23. The fraction of sp³-hybridized carbons (Fsp3) is 0.400. The Balaban J connectivity index is 2.86. The Morgan fingerprint density at radius 2 is 1.67 bits per heavy atom. The summed E-state index contributed by atoms with van der Waals surface area (Å²) in [5, 5.41) is 11.1. The summed E-state index contributed by atoms with van der Waals surface area (Å²) in [5.41, 5.74) is 2.07. The molecule has 1 aromatic rings. The number of benzene rings is 1. The summed E-state index contributed by atoms with van der Waals surface area (Å²) in [6.45, 7) is 4.28. The molecule has 1 N–H and O–H groups in total. The number of nitrogens with one attached hydrogen (secondary N) is 1. The maximum atomic E-state index is 10.9. The lowest BCUT2D eigenvalue weighted by Crippen LogP contribution is -2.98. The first-order valence-electron chi connectivity index (χ1n) is 4.22. The highest BCUT2D eigenvalue weighted by Crippen LogP contribution is 2.14. The minimum absolute atomic E-state index is 0.130. The van der Waals surface area contributed by atoms with E-state index in [2.05, 4.69) is 13.8 Å². The third kappa shape index (κ3) is 2.06. The first-order chi connectivity index (χ1) is 5.61. The van der Waals surface area contributed by atoms with E-state index < -0.39 is 0 Å². The first-order valence-corrected chi connectivity index (χ1v) is 4.22. The molecule has 0 amide bonds. The third-order valence-corrected chi connectivity index (χ3v) is 1.98. The minimum Gasteiger partial charge on any atom is -0.629 e. The molecule has 0 bridgehead atoms. The van der Waals surface area contributed by atoms with Crippen LogP contribution in [0.4, 0.5) is 5.69 Å². The average Bonchev–Trinajstić information content (AvgIpc) is 2.04. The number of hydroxylamine groups is 1. The van der Waals surface area contributed by atoms with Gasteiger partial charge in [-0.25, -0.2) is 0 Å². The van der Waals surface area contributed by atoms with Gasteiger partial charge < -0.3 is 10.3 Å². The van der Waals surface area contributed by atoms with Gasteiger partial charge >= 0.3 is 0 Å². The van der Waals surface area contributed by atoms with Gasteiger partial charge in [0.2, 0.25) is 0 Å². The average molecular weight is 165 g/mol. The molecule has 1 aromatic carbocycles. The molecular weight excluding hydrogens is 150 g/mol. The highest BCUT2D eigenvalue weighted by atomic mass is 16.5. The summed E-state index contributed by atoms with van der Waals surface area (Å²) in [6.07, 6.45) is 0. The summed E-state index contributed by atoms with van der Waals surface area (Å²) < 4.78 is 0. The van der Waals surface area contributed by atoms with Crippen LogP contribution in [0.1, 0.15) is 25.3 Å². The predicted molar refractivity (Wildman–Crippen MR) is 50.4 cm³/mol. The molecule has 0 fully saturated rings. The molecule has 0 aliphatic rings. The molecule has 1 rings (SSSR count). The Hall–Kier alpha value is -0.860. The zero-order valence-corrected chi connectivity index (χ0v) is 7.79. The summed E-state index contributed by atoms with van der Waals surface area (Å²) in [6, 6.07) is 7.80. The molecule has 0 aliphatic carbocycles. The van der Waals surface area contributed by atoms with Gasteiger partial charge in [-0.15, -0.1) is 0 Å². The van der Waals surface area contributed by atoms with E-state index in [1.807, 2.05) is 24.3 Å². The van der Waals surface area contributed by atoms with Crippen LogP contribution >= 0.6 is 0 Å². The minimum atomic E-state index is 0.130. The van der Waals surface area contributed by atoms with Crippen LogP contribution in [0.5, 0.6) is 0 Å². The van der Waals surface area contributed by atoms with Crippen LogP contribution in [0.15, 0.2) is 24.3 Å². The topological polar surface area (TPSA) is 27.5 Å². The maximum absolute atomic E-state index is 10.9. The third-order valence-electron chi connectivity index (χ3n) is 1.98.